The minimum Gasteiger partial charge on any atom is -0.672 e. The number of amides is 2. The second-order valence-electron chi connectivity index (χ2n) is 2.69. The molecule has 0 saturated carbocycles. The molecular weight excluding hydrogens is 247 g/mol. The van der Waals surface area contributed by atoms with E-state index >= 15 is 0 Å². The van der Waals surface area contributed by atoms with Crippen molar-refractivity contribution in [2.75, 3.05) is 0 Å². The molecule has 0 spiro atoms. The number of hydrogen-bond donors (Lipinski definition) is 1. The third-order valence-corrected chi connectivity index (χ3v) is 2.84. The Morgan fingerprint density at radius 1 is 1.08 bits per heavy atom. The minimum absolute atomic E-state index is 0. The Morgan fingerprint density at radius 3 is 1.23 bits per heavy atom. The topological polar surface area (TPSA) is 84.0 Å². The van der Waals surface area contributed by atoms with Crippen molar-refractivity contribution in [2.45, 2.75) is 26.2 Å². The molecular formula is C6H15CoN2O2Si2-. The Hall–Kier alpha value is -0.120. The number of hydrogen-bond acceptors (Lipinski definition) is 2. The molecule has 0 atom stereocenters. The molecule has 0 fully saturated rings. The van der Waals surface area contributed by atoms with E-state index in [1.165, 1.54) is 0 Å². The Morgan fingerprint density at radius 2 is 1.23 bits per heavy atom. The van der Waals surface area contributed by atoms with E-state index in [1.807, 2.05) is 13.1 Å². The van der Waals surface area contributed by atoms with Crippen molar-refractivity contribution >= 4 is 28.7 Å². The van der Waals surface area contributed by atoms with Crippen molar-refractivity contribution in [2.24, 2.45) is 5.73 Å². The molecule has 2 amide bonds. The number of rotatable bonds is 2. The van der Waals surface area contributed by atoms with Gasteiger partial charge in [-0.1, -0.05) is 26.2 Å². The zero-order chi connectivity index (χ0) is 10.3. The molecule has 4 nitrogen and oxygen atoms in total. The third kappa shape index (κ3) is 18.7. The Bertz CT molecular complexity index is 147. The largest absolute Gasteiger partial charge is 0.672 e. The third-order valence-electron chi connectivity index (χ3n) is 0.947. The molecule has 0 bridgehead atoms. The molecule has 79 valence electrons. The van der Waals surface area contributed by atoms with Gasteiger partial charge in [0.15, 0.2) is 14.3 Å². The van der Waals surface area contributed by atoms with Crippen LogP contribution in [-0.2, 0) is 16.8 Å². The van der Waals surface area contributed by atoms with Gasteiger partial charge in [-0.25, -0.2) is 0 Å². The average molecular weight is 262 g/mol. The molecule has 7 heteroatoms. The molecule has 0 aliphatic heterocycles. The van der Waals surface area contributed by atoms with Gasteiger partial charge in [-0.3, -0.25) is 4.79 Å². The van der Waals surface area contributed by atoms with Crippen molar-refractivity contribution in [1.82, 2.24) is 0 Å². The predicted molar refractivity (Wildman–Crippen MR) is 54.3 cm³/mol. The van der Waals surface area contributed by atoms with E-state index < -0.39 is 17.6 Å². The molecule has 0 aromatic heterocycles. The summed E-state index contributed by atoms with van der Waals surface area (Å²) in [5, 5.41) is 0. The van der Waals surface area contributed by atoms with Crippen LogP contribution in [0.2, 0.25) is 26.2 Å². The second-order valence-corrected chi connectivity index (χ2v) is 7.64. The SMILES string of the molecule is C[Si](C)C(N)=O.C[Si](C)C([NH-])=O.[Co]. The normalized spacial score (nSPS) is 8.46. The summed E-state index contributed by atoms with van der Waals surface area (Å²) in [4.78, 5) is 19.8. The summed E-state index contributed by atoms with van der Waals surface area (Å²) in [5.41, 5.74) is 10.8. The van der Waals surface area contributed by atoms with Gasteiger partial charge >= 0.3 is 0 Å². The van der Waals surface area contributed by atoms with Crippen molar-refractivity contribution in [3.63, 3.8) is 0 Å². The van der Waals surface area contributed by atoms with Crippen molar-refractivity contribution in [3.8, 4) is 0 Å². The maximum atomic E-state index is 9.97. The van der Waals surface area contributed by atoms with Crippen LogP contribution in [0.15, 0.2) is 0 Å². The van der Waals surface area contributed by atoms with E-state index in [1.54, 1.807) is 13.1 Å². The zero-order valence-electron chi connectivity index (χ0n) is 8.23. The Labute approximate surface area is 92.8 Å². The summed E-state index contributed by atoms with van der Waals surface area (Å²) in [7, 11) is -1.74. The number of carbonyl (C=O) groups is 2. The fourth-order valence-corrected chi connectivity index (χ4v) is 0. The number of nitrogens with one attached hydrogen (secondary N) is 1. The van der Waals surface area contributed by atoms with Gasteiger partial charge in [0.1, 0.15) is 8.80 Å². The smallest absolute Gasteiger partial charge is 0.187 e. The van der Waals surface area contributed by atoms with E-state index in [2.05, 4.69) is 0 Å². The predicted octanol–water partition coefficient (Wildman–Crippen LogP) is 1.89. The first-order valence-corrected chi connectivity index (χ1v) is 8.45. The van der Waals surface area contributed by atoms with E-state index in [0.29, 0.717) is 0 Å². The van der Waals surface area contributed by atoms with Gasteiger partial charge in [0.25, 0.3) is 0 Å². The summed E-state index contributed by atoms with van der Waals surface area (Å²) in [6.07, 6.45) is 0. The van der Waals surface area contributed by atoms with Crippen LogP contribution < -0.4 is 5.73 Å². The fourth-order valence-electron chi connectivity index (χ4n) is 0. The molecule has 0 aliphatic rings. The van der Waals surface area contributed by atoms with Gasteiger partial charge < -0.3 is 16.3 Å². The molecule has 3 radical (unpaired) electrons. The van der Waals surface area contributed by atoms with E-state index in [4.69, 9.17) is 11.5 Å². The summed E-state index contributed by atoms with van der Waals surface area (Å²) in [6.45, 7) is 7.35. The van der Waals surface area contributed by atoms with Crippen LogP contribution in [0, 0.1) is 0 Å². The molecule has 13 heavy (non-hydrogen) atoms. The summed E-state index contributed by atoms with van der Waals surface area (Å²) >= 11 is 0. The molecule has 0 aliphatic carbocycles. The van der Waals surface area contributed by atoms with Crippen LogP contribution in [0.1, 0.15) is 0 Å². The maximum Gasteiger partial charge on any atom is 0.187 e. The zero-order valence-corrected chi connectivity index (χ0v) is 11.3. The van der Waals surface area contributed by atoms with Crippen molar-refractivity contribution < 1.29 is 26.4 Å². The van der Waals surface area contributed by atoms with Gasteiger partial charge in [-0.15, -0.1) is 0 Å². The standard InChI is InChI=1S/2C3H8NOSi.Co/c2*1-6(2)3(4)5;/h2*1-2H3,(H2,4,5);/p-1. The molecule has 0 saturated heterocycles. The number of nitrogens with two attached hydrogens (primary N) is 1. The van der Waals surface area contributed by atoms with Crippen LogP contribution in [0.4, 0.5) is 9.59 Å². The summed E-state index contributed by atoms with van der Waals surface area (Å²) < 4.78 is 0. The molecule has 0 aromatic rings. The molecule has 0 rings (SSSR count). The van der Waals surface area contributed by atoms with E-state index in [0.717, 1.165) is 0 Å². The van der Waals surface area contributed by atoms with Gasteiger partial charge in [0, 0.05) is 22.3 Å². The molecule has 0 unspecified atom stereocenters. The average Bonchev–Trinajstić information content (AvgIpc) is 1.88. The van der Waals surface area contributed by atoms with Crippen LogP contribution in [-0.4, -0.2) is 28.7 Å². The van der Waals surface area contributed by atoms with Gasteiger partial charge in [-0.05, 0) is 0 Å². The number of primary amides is 1. The second kappa shape index (κ2) is 9.96. The molecule has 0 heterocycles. The first-order chi connectivity index (χ1) is 5.29. The number of carbonyl (C=O) groups excluding carboxylic acids is 2. The summed E-state index contributed by atoms with van der Waals surface area (Å²) in [5.74, 6) is 0. The maximum absolute atomic E-state index is 9.97. The van der Waals surface area contributed by atoms with Gasteiger partial charge in [0.05, 0.1) is 0 Å². The van der Waals surface area contributed by atoms with E-state index in [-0.39, 0.29) is 27.8 Å². The van der Waals surface area contributed by atoms with E-state index in [9.17, 15) is 9.59 Å². The monoisotopic (exact) mass is 262 g/mol. The molecule has 3 N–H and O–H groups in total. The minimum atomic E-state index is -0.924. The van der Waals surface area contributed by atoms with Crippen LogP contribution in [0.25, 0.3) is 5.73 Å². The van der Waals surface area contributed by atoms with Crippen LogP contribution >= 0.6 is 0 Å². The Balaban J connectivity index is -0.000000143. The quantitative estimate of drug-likeness (QED) is 0.771. The van der Waals surface area contributed by atoms with Gasteiger partial charge in [0.2, 0.25) is 0 Å². The Kier molecular flexibility index (Phi) is 14.3. The molecule has 0 aromatic carbocycles. The first kappa shape index (κ1) is 18.6. The summed E-state index contributed by atoms with van der Waals surface area (Å²) in [6, 6.07) is 0. The van der Waals surface area contributed by atoms with Gasteiger partial charge in [-0.2, -0.15) is 0 Å². The van der Waals surface area contributed by atoms with Crippen LogP contribution in [0.3, 0.4) is 0 Å². The van der Waals surface area contributed by atoms with Crippen molar-refractivity contribution in [1.29, 1.82) is 0 Å². The fraction of sp³-hybridized carbons (Fsp3) is 0.667. The first-order valence-electron chi connectivity index (χ1n) is 3.45. The van der Waals surface area contributed by atoms with Crippen molar-refractivity contribution in [3.05, 3.63) is 5.73 Å². The van der Waals surface area contributed by atoms with Crippen LogP contribution in [0.5, 0.6) is 0 Å².